The van der Waals surface area contributed by atoms with Crippen molar-refractivity contribution < 1.29 is 13.6 Å². The molecule has 0 radical (unpaired) electrons. The van der Waals surface area contributed by atoms with Gasteiger partial charge in [-0.2, -0.15) is 5.10 Å². The normalized spacial score (nSPS) is 28.3. The minimum absolute atomic E-state index is 0.140. The minimum Gasteiger partial charge on any atom is -0.369 e. The summed E-state index contributed by atoms with van der Waals surface area (Å²) < 4.78 is 28.6. The van der Waals surface area contributed by atoms with Gasteiger partial charge >= 0.3 is 0 Å². The smallest absolute Gasteiger partial charge is 0.231 e. The zero-order chi connectivity index (χ0) is 20.3. The molecule has 150 valence electrons. The van der Waals surface area contributed by atoms with Crippen LogP contribution in [0.5, 0.6) is 0 Å². The molecule has 0 spiro atoms. The Morgan fingerprint density at radius 2 is 2.07 bits per heavy atom. The van der Waals surface area contributed by atoms with Crippen LogP contribution in [-0.4, -0.2) is 40.6 Å². The highest BCUT2D eigenvalue weighted by Gasteiger charge is 2.63. The van der Waals surface area contributed by atoms with Crippen molar-refractivity contribution in [3.63, 3.8) is 0 Å². The number of halogens is 2. The molecule has 29 heavy (non-hydrogen) atoms. The Labute approximate surface area is 167 Å². The number of aromatic nitrogens is 2. The number of benzene rings is 1. The van der Waals surface area contributed by atoms with Gasteiger partial charge in [0.25, 0.3) is 0 Å². The number of hydrogen-bond acceptors (Lipinski definition) is 4. The van der Waals surface area contributed by atoms with Crippen LogP contribution in [0.3, 0.4) is 0 Å². The van der Waals surface area contributed by atoms with Gasteiger partial charge in [0.2, 0.25) is 5.91 Å². The summed E-state index contributed by atoms with van der Waals surface area (Å²) in [4.78, 5) is 13.5. The predicted octanol–water partition coefficient (Wildman–Crippen LogP) is 2.77. The second-order valence-corrected chi connectivity index (χ2v) is 8.33. The van der Waals surface area contributed by atoms with Crippen LogP contribution in [0.2, 0.25) is 0 Å². The number of hydrogen-bond donors (Lipinski definition) is 1. The lowest BCUT2D eigenvalue weighted by Gasteiger charge is -2.44. The van der Waals surface area contributed by atoms with Crippen molar-refractivity contribution in [1.29, 1.82) is 0 Å². The molecule has 4 aliphatic carbocycles. The maximum absolute atomic E-state index is 14.3. The molecule has 1 aromatic heterocycles. The second kappa shape index (κ2) is 6.42. The third-order valence-electron chi connectivity index (χ3n) is 6.72. The number of amides is 1. The average Bonchev–Trinajstić information content (AvgIpc) is 3.50. The van der Waals surface area contributed by atoms with Crippen molar-refractivity contribution in [2.75, 3.05) is 19.6 Å². The van der Waals surface area contributed by atoms with E-state index < -0.39 is 11.6 Å². The molecule has 1 saturated carbocycles. The summed E-state index contributed by atoms with van der Waals surface area (Å²) in [5.41, 5.74) is 7.03. The number of rotatable bonds is 6. The molecule has 0 aliphatic heterocycles. The fraction of sp³-hybridized carbons (Fsp3) is 0.409. The first-order chi connectivity index (χ1) is 13.9. The molecule has 4 aliphatic rings. The molecule has 1 heterocycles. The Balaban J connectivity index is 1.59. The maximum Gasteiger partial charge on any atom is 0.231 e. The number of primary amides is 1. The van der Waals surface area contributed by atoms with Gasteiger partial charge in [-0.3, -0.25) is 9.69 Å². The lowest BCUT2D eigenvalue weighted by Crippen LogP contribution is -2.49. The van der Waals surface area contributed by atoms with E-state index in [1.807, 2.05) is 11.8 Å². The molecule has 2 N–H and O–H groups in total. The Bertz CT molecular complexity index is 1020. The molecule has 6 rings (SSSR count). The van der Waals surface area contributed by atoms with Crippen molar-refractivity contribution in [1.82, 2.24) is 15.1 Å². The number of carbonyl (C=O) groups is 1. The zero-order valence-corrected chi connectivity index (χ0v) is 16.1. The highest BCUT2D eigenvalue weighted by Crippen LogP contribution is 2.67. The van der Waals surface area contributed by atoms with Crippen LogP contribution in [0.25, 0.3) is 11.3 Å². The van der Waals surface area contributed by atoms with E-state index in [2.05, 4.69) is 22.3 Å². The summed E-state index contributed by atoms with van der Waals surface area (Å²) >= 11 is 0. The first-order valence-corrected chi connectivity index (χ1v) is 9.97. The third-order valence-corrected chi connectivity index (χ3v) is 6.72. The van der Waals surface area contributed by atoms with Gasteiger partial charge in [-0.15, -0.1) is 5.10 Å². The maximum atomic E-state index is 14.3. The molecular formula is C22H22F2N4O. The number of nitrogens with zero attached hydrogens (tertiary/aromatic N) is 3. The molecule has 2 unspecified atom stereocenters. The molecule has 4 atom stereocenters. The molecule has 5 nitrogen and oxygen atoms in total. The Morgan fingerprint density at radius 1 is 1.31 bits per heavy atom. The quantitative estimate of drug-likeness (QED) is 0.762. The first-order valence-electron chi connectivity index (χ1n) is 9.97. The van der Waals surface area contributed by atoms with E-state index in [-0.39, 0.29) is 35.0 Å². The Kier molecular flexibility index (Phi) is 4.07. The van der Waals surface area contributed by atoms with Gasteiger partial charge in [-0.25, -0.2) is 8.78 Å². The number of allylic oxidation sites excluding steroid dienone is 1. The molecule has 1 amide bonds. The van der Waals surface area contributed by atoms with Crippen LogP contribution in [0.4, 0.5) is 8.78 Å². The highest BCUT2D eigenvalue weighted by atomic mass is 19.1. The van der Waals surface area contributed by atoms with E-state index in [4.69, 9.17) is 5.73 Å². The highest BCUT2D eigenvalue weighted by molar-refractivity contribution is 5.76. The van der Waals surface area contributed by atoms with E-state index >= 15 is 0 Å². The second-order valence-electron chi connectivity index (χ2n) is 8.33. The van der Waals surface area contributed by atoms with Crippen molar-refractivity contribution in [3.05, 3.63) is 59.3 Å². The molecule has 7 heteroatoms. The topological polar surface area (TPSA) is 72.1 Å². The number of nitrogens with two attached hydrogens (primary N) is 1. The molecule has 2 aromatic rings. The molecule has 1 aromatic carbocycles. The van der Waals surface area contributed by atoms with E-state index in [1.165, 1.54) is 18.2 Å². The van der Waals surface area contributed by atoms with Crippen molar-refractivity contribution in [2.45, 2.75) is 24.7 Å². The Morgan fingerprint density at radius 3 is 2.76 bits per heavy atom. The SMILES string of the molecule is CCN(CC(N)=O)C[C@]12C=C[C@H](c3cc(-c4c(F)cccc4F)nnc31)C1CC12. The lowest BCUT2D eigenvalue weighted by atomic mass is 9.64. The molecule has 2 bridgehead atoms. The Hall–Kier alpha value is -2.67. The van der Waals surface area contributed by atoms with Crippen LogP contribution in [-0.2, 0) is 10.2 Å². The van der Waals surface area contributed by atoms with Gasteiger partial charge in [0.05, 0.1) is 23.5 Å². The number of carbonyl (C=O) groups excluding carboxylic acids is 1. The first kappa shape index (κ1) is 18.4. The fourth-order valence-electron chi connectivity index (χ4n) is 5.34. The molecule has 0 saturated heterocycles. The van der Waals surface area contributed by atoms with Crippen LogP contribution in [0.1, 0.15) is 30.5 Å². The predicted molar refractivity (Wildman–Crippen MR) is 104 cm³/mol. The molecular weight excluding hydrogens is 374 g/mol. The van der Waals surface area contributed by atoms with Gasteiger partial charge in [-0.1, -0.05) is 25.1 Å². The van der Waals surface area contributed by atoms with Crippen molar-refractivity contribution in [2.24, 2.45) is 17.6 Å². The van der Waals surface area contributed by atoms with Crippen LogP contribution >= 0.6 is 0 Å². The van der Waals surface area contributed by atoms with E-state index in [0.29, 0.717) is 24.9 Å². The summed E-state index contributed by atoms with van der Waals surface area (Å²) in [5, 5.41) is 8.72. The van der Waals surface area contributed by atoms with Gasteiger partial charge in [-0.05, 0) is 48.6 Å². The van der Waals surface area contributed by atoms with Crippen LogP contribution < -0.4 is 5.73 Å². The monoisotopic (exact) mass is 396 g/mol. The molecule has 1 fully saturated rings. The summed E-state index contributed by atoms with van der Waals surface area (Å²) in [5.74, 6) is -0.491. The van der Waals surface area contributed by atoms with Gasteiger partial charge < -0.3 is 5.73 Å². The van der Waals surface area contributed by atoms with Crippen molar-refractivity contribution >= 4 is 5.91 Å². The lowest BCUT2D eigenvalue weighted by molar-refractivity contribution is -0.119. The van der Waals surface area contributed by atoms with Gasteiger partial charge in [0.1, 0.15) is 11.6 Å². The summed E-state index contributed by atoms with van der Waals surface area (Å²) in [6.45, 7) is 3.51. The van der Waals surface area contributed by atoms with Crippen LogP contribution in [0, 0.1) is 23.5 Å². The van der Waals surface area contributed by atoms with Crippen LogP contribution in [0.15, 0.2) is 36.4 Å². The number of likely N-dealkylation sites (N-methyl/N-ethyl adjacent to an activating group) is 1. The largest absolute Gasteiger partial charge is 0.369 e. The summed E-state index contributed by atoms with van der Waals surface area (Å²) in [6.07, 6.45) is 5.47. The van der Waals surface area contributed by atoms with E-state index in [0.717, 1.165) is 17.7 Å². The fourth-order valence-corrected chi connectivity index (χ4v) is 5.34. The zero-order valence-electron chi connectivity index (χ0n) is 16.1. The third kappa shape index (κ3) is 2.71. The van der Waals surface area contributed by atoms with Crippen molar-refractivity contribution in [3.8, 4) is 11.3 Å². The summed E-state index contributed by atoms with van der Waals surface area (Å²) in [7, 11) is 0. The van der Waals surface area contributed by atoms with Gasteiger partial charge in [0, 0.05) is 17.9 Å². The average molecular weight is 396 g/mol. The minimum atomic E-state index is -0.645. The standard InChI is InChI=1S/C22H22F2N4O/c1-2-28(10-19(25)29)11-22-7-6-12(13-8-15(13)22)14-9-18(26-27-21(14)22)20-16(23)4-3-5-17(20)24/h3-7,9,12-13,15H,2,8,10-11H2,1H3,(H2,25,29)/t12-,13?,15?,22-/m0/s1. The van der Waals surface area contributed by atoms with Gasteiger partial charge in [0.15, 0.2) is 0 Å². The van der Waals surface area contributed by atoms with E-state index in [1.54, 1.807) is 6.07 Å². The summed E-state index contributed by atoms with van der Waals surface area (Å²) in [6, 6.07) is 5.60. The van der Waals surface area contributed by atoms with E-state index in [9.17, 15) is 13.6 Å².